The number of carbonyl (C=O) groups excluding carboxylic acids is 2. The first kappa shape index (κ1) is 29.1. The number of fused-ring (bicyclic) bond motifs is 1. The lowest BCUT2D eigenvalue weighted by Gasteiger charge is -2.32. The van der Waals surface area contributed by atoms with Crippen LogP contribution in [0.1, 0.15) is 109 Å². The predicted octanol–water partition coefficient (Wildman–Crippen LogP) is 4.28. The summed E-state index contributed by atoms with van der Waals surface area (Å²) in [5, 5.41) is 11.0. The fourth-order valence-corrected chi connectivity index (χ4v) is 4.42. The van der Waals surface area contributed by atoms with Crippen LogP contribution in [0, 0.1) is 0 Å². The Kier molecular flexibility index (Phi) is 7.40. The SMILES string of the molecule is CC(C)(C)OC(=O)N1CCC(NC(=O)c2nnc(C(C)(C)C)o2)c2ccc(B3OC(C)(C)C(C)(C)O3)cc2C1. The number of ether oxygens (including phenoxy) is 1. The molecule has 0 saturated carbocycles. The van der Waals surface area contributed by atoms with E-state index in [1.807, 2.05) is 87.4 Å². The van der Waals surface area contributed by atoms with Crippen LogP contribution >= 0.6 is 0 Å². The first-order valence-electron chi connectivity index (χ1n) is 13.5. The van der Waals surface area contributed by atoms with Crippen LogP contribution in [-0.4, -0.2) is 57.6 Å². The van der Waals surface area contributed by atoms with Crippen molar-refractivity contribution < 1.29 is 28.1 Å². The molecule has 1 saturated heterocycles. The second-order valence-corrected chi connectivity index (χ2v) is 13.4. The highest BCUT2D eigenvalue weighted by Crippen LogP contribution is 2.37. The third-order valence-electron chi connectivity index (χ3n) is 7.33. The molecule has 0 aliphatic carbocycles. The number of aromatic nitrogens is 2. The van der Waals surface area contributed by atoms with E-state index >= 15 is 0 Å². The third kappa shape index (κ3) is 6.30. The molecule has 39 heavy (non-hydrogen) atoms. The highest BCUT2D eigenvalue weighted by atomic mass is 16.7. The van der Waals surface area contributed by atoms with Gasteiger partial charge in [0, 0.05) is 18.5 Å². The van der Waals surface area contributed by atoms with Crippen molar-refractivity contribution in [3.63, 3.8) is 0 Å². The molecule has 10 nitrogen and oxygen atoms in total. The van der Waals surface area contributed by atoms with Crippen LogP contribution in [0.15, 0.2) is 22.6 Å². The summed E-state index contributed by atoms with van der Waals surface area (Å²) in [6, 6.07) is 5.52. The van der Waals surface area contributed by atoms with Gasteiger partial charge in [0.05, 0.1) is 17.2 Å². The second-order valence-electron chi connectivity index (χ2n) is 13.4. The Morgan fingerprint density at radius 1 is 1.05 bits per heavy atom. The summed E-state index contributed by atoms with van der Waals surface area (Å²) >= 11 is 0. The molecule has 11 heteroatoms. The summed E-state index contributed by atoms with van der Waals surface area (Å²) in [5.74, 6) is -0.171. The lowest BCUT2D eigenvalue weighted by Crippen LogP contribution is -2.41. The van der Waals surface area contributed by atoms with Crippen molar-refractivity contribution in [3.8, 4) is 0 Å². The van der Waals surface area contributed by atoms with Gasteiger partial charge in [-0.2, -0.15) is 0 Å². The van der Waals surface area contributed by atoms with Gasteiger partial charge in [-0.1, -0.05) is 39.0 Å². The van der Waals surface area contributed by atoms with Crippen molar-refractivity contribution in [2.24, 2.45) is 0 Å². The molecule has 1 unspecified atom stereocenters. The second kappa shape index (κ2) is 9.93. The molecule has 3 heterocycles. The van der Waals surface area contributed by atoms with Crippen molar-refractivity contribution in [1.29, 1.82) is 0 Å². The summed E-state index contributed by atoms with van der Waals surface area (Å²) in [6.45, 7) is 20.1. The molecule has 1 aromatic heterocycles. The maximum Gasteiger partial charge on any atom is 0.494 e. The molecule has 0 radical (unpaired) electrons. The Labute approximate surface area is 231 Å². The third-order valence-corrected chi connectivity index (χ3v) is 7.33. The van der Waals surface area contributed by atoms with E-state index in [9.17, 15) is 9.59 Å². The molecule has 1 fully saturated rings. The summed E-state index contributed by atoms with van der Waals surface area (Å²) in [5.41, 5.74) is 0.627. The van der Waals surface area contributed by atoms with Crippen molar-refractivity contribution in [2.75, 3.05) is 6.54 Å². The lowest BCUT2D eigenvalue weighted by atomic mass is 9.77. The minimum atomic E-state index is -0.632. The monoisotopic (exact) mass is 540 g/mol. The standard InChI is InChI=1S/C28H41BN4O6/c1-25(2,3)23-32-31-22(36-23)21(34)30-20-13-14-33(24(35)37-26(4,5)6)16-17-15-18(11-12-19(17)20)29-38-27(7,8)28(9,10)39-29/h11-12,15,20H,13-14,16H2,1-10H3,(H,30,34). The Morgan fingerprint density at radius 2 is 1.69 bits per heavy atom. The van der Waals surface area contributed by atoms with Crippen LogP contribution in [0.3, 0.4) is 0 Å². The highest BCUT2D eigenvalue weighted by molar-refractivity contribution is 6.62. The van der Waals surface area contributed by atoms with Gasteiger partial charge in [-0.3, -0.25) is 4.79 Å². The van der Waals surface area contributed by atoms with Gasteiger partial charge in [0.1, 0.15) is 5.60 Å². The number of hydrogen-bond donors (Lipinski definition) is 1. The van der Waals surface area contributed by atoms with Gasteiger partial charge >= 0.3 is 25.0 Å². The largest absolute Gasteiger partial charge is 0.494 e. The fourth-order valence-electron chi connectivity index (χ4n) is 4.42. The summed E-state index contributed by atoms with van der Waals surface area (Å²) < 4.78 is 23.9. The molecule has 1 atom stereocenters. The molecule has 1 N–H and O–H groups in total. The van der Waals surface area contributed by atoms with Crippen LogP contribution in [-0.2, 0) is 26.0 Å². The molecule has 2 amide bonds. The normalized spacial score (nSPS) is 20.8. The van der Waals surface area contributed by atoms with E-state index in [1.54, 1.807) is 4.90 Å². The van der Waals surface area contributed by atoms with Gasteiger partial charge in [-0.05, 0) is 71.5 Å². The van der Waals surface area contributed by atoms with Gasteiger partial charge in [0.25, 0.3) is 0 Å². The van der Waals surface area contributed by atoms with Crippen LogP contribution in [0.2, 0.25) is 0 Å². The highest BCUT2D eigenvalue weighted by Gasteiger charge is 2.51. The molecule has 2 aliphatic heterocycles. The van der Waals surface area contributed by atoms with Crippen LogP contribution in [0.5, 0.6) is 0 Å². The summed E-state index contributed by atoms with van der Waals surface area (Å²) in [4.78, 5) is 27.9. The van der Waals surface area contributed by atoms with E-state index in [0.29, 0.717) is 25.4 Å². The maximum absolute atomic E-state index is 13.1. The molecular weight excluding hydrogens is 499 g/mol. The number of nitrogens with one attached hydrogen (secondary N) is 1. The van der Waals surface area contributed by atoms with E-state index in [0.717, 1.165) is 16.6 Å². The predicted molar refractivity (Wildman–Crippen MR) is 147 cm³/mol. The molecule has 0 spiro atoms. The zero-order valence-electron chi connectivity index (χ0n) is 24.8. The number of benzene rings is 1. The fraction of sp³-hybridized carbons (Fsp3) is 0.643. The zero-order chi connectivity index (χ0) is 29.0. The smallest absolute Gasteiger partial charge is 0.444 e. The van der Waals surface area contributed by atoms with Gasteiger partial charge in [-0.25, -0.2) is 4.79 Å². The summed E-state index contributed by atoms with van der Waals surface area (Å²) in [7, 11) is -0.555. The first-order valence-corrected chi connectivity index (χ1v) is 13.5. The van der Waals surface area contributed by atoms with E-state index < -0.39 is 42.0 Å². The Hall–Kier alpha value is -2.92. The van der Waals surface area contributed by atoms with Gasteiger partial charge in [0.15, 0.2) is 0 Å². The van der Waals surface area contributed by atoms with Crippen molar-refractivity contribution in [3.05, 3.63) is 41.1 Å². The average Bonchev–Trinajstić information content (AvgIpc) is 3.31. The minimum Gasteiger partial charge on any atom is -0.444 e. The van der Waals surface area contributed by atoms with Gasteiger partial charge in [-0.15, -0.1) is 10.2 Å². The molecule has 2 aliphatic rings. The van der Waals surface area contributed by atoms with E-state index in [-0.39, 0.29) is 11.3 Å². The van der Waals surface area contributed by atoms with E-state index in [1.165, 1.54) is 0 Å². The number of carbonyl (C=O) groups is 2. The van der Waals surface area contributed by atoms with E-state index in [2.05, 4.69) is 15.5 Å². The average molecular weight is 540 g/mol. The topological polar surface area (TPSA) is 116 Å². The number of nitrogens with zero attached hydrogens (tertiary/aromatic N) is 3. The molecule has 212 valence electrons. The molecule has 2 aromatic rings. The van der Waals surface area contributed by atoms with E-state index in [4.69, 9.17) is 18.5 Å². The van der Waals surface area contributed by atoms with Crippen molar-refractivity contribution in [1.82, 2.24) is 20.4 Å². The minimum absolute atomic E-state index is 0.0939. The number of rotatable bonds is 3. The Balaban J connectivity index is 1.64. The quantitative estimate of drug-likeness (QED) is 0.574. The Morgan fingerprint density at radius 3 is 2.26 bits per heavy atom. The molecule has 4 rings (SSSR count). The Bertz CT molecular complexity index is 1230. The van der Waals surface area contributed by atoms with Gasteiger partial charge in [0.2, 0.25) is 5.89 Å². The first-order chi connectivity index (χ1) is 17.9. The van der Waals surface area contributed by atoms with Crippen molar-refractivity contribution in [2.45, 2.75) is 110 Å². The maximum atomic E-state index is 13.1. The van der Waals surface area contributed by atoms with Gasteiger partial charge < -0.3 is 28.7 Å². The van der Waals surface area contributed by atoms with Crippen LogP contribution in [0.4, 0.5) is 4.79 Å². The van der Waals surface area contributed by atoms with Crippen molar-refractivity contribution >= 4 is 24.6 Å². The zero-order valence-corrected chi connectivity index (χ0v) is 24.8. The molecular formula is C28H41BN4O6. The number of hydrogen-bond acceptors (Lipinski definition) is 8. The lowest BCUT2D eigenvalue weighted by molar-refractivity contribution is 0.00578. The number of amides is 2. The molecule has 0 bridgehead atoms. The van der Waals surface area contributed by atoms with Crippen LogP contribution in [0.25, 0.3) is 0 Å². The summed E-state index contributed by atoms with van der Waals surface area (Å²) in [6.07, 6.45) is 0.0712. The molecule has 1 aromatic carbocycles. The van der Waals surface area contributed by atoms with Crippen LogP contribution < -0.4 is 10.8 Å².